The van der Waals surface area contributed by atoms with E-state index in [1.54, 1.807) is 0 Å². The lowest BCUT2D eigenvalue weighted by molar-refractivity contribution is -0.136. The number of nitrogens with zero attached hydrogens (tertiary/aromatic N) is 1. The van der Waals surface area contributed by atoms with Crippen molar-refractivity contribution in [3.8, 4) is 0 Å². The second kappa shape index (κ2) is 12.0. The van der Waals surface area contributed by atoms with E-state index in [0.717, 1.165) is 18.4 Å². The summed E-state index contributed by atoms with van der Waals surface area (Å²) in [7, 11) is 0. The number of likely N-dealkylation sites (tertiary alicyclic amines) is 1. The van der Waals surface area contributed by atoms with Gasteiger partial charge in [0, 0.05) is 38.0 Å². The van der Waals surface area contributed by atoms with Gasteiger partial charge in [0.2, 0.25) is 5.91 Å². The first-order valence-electron chi connectivity index (χ1n) is 12.6. The van der Waals surface area contributed by atoms with Gasteiger partial charge in [0.1, 0.15) is 5.78 Å². The van der Waals surface area contributed by atoms with Gasteiger partial charge in [0.05, 0.1) is 5.41 Å². The Hall–Kier alpha value is -2.95. The Morgan fingerprint density at radius 3 is 2.18 bits per heavy atom. The molecule has 1 N–H and O–H groups in total. The number of hydrogen-bond donors (Lipinski definition) is 1. The monoisotopic (exact) mass is 462 g/mol. The lowest BCUT2D eigenvalue weighted by atomic mass is 9.68. The van der Waals surface area contributed by atoms with Crippen LogP contribution in [0.5, 0.6) is 0 Å². The maximum atomic E-state index is 13.1. The molecule has 0 radical (unpaired) electrons. The van der Waals surface area contributed by atoms with Gasteiger partial charge in [-0.3, -0.25) is 14.4 Å². The number of rotatable bonds is 10. The molecule has 5 nitrogen and oxygen atoms in total. The molecular formula is C29H38N2O3. The molecule has 182 valence electrons. The van der Waals surface area contributed by atoms with E-state index in [9.17, 15) is 14.4 Å². The van der Waals surface area contributed by atoms with Crippen LogP contribution in [0, 0.1) is 5.92 Å². The molecule has 2 amide bonds. The number of benzene rings is 2. The number of piperidine rings is 1. The lowest BCUT2D eigenvalue weighted by Gasteiger charge is -2.41. The van der Waals surface area contributed by atoms with E-state index in [0.29, 0.717) is 50.4 Å². The summed E-state index contributed by atoms with van der Waals surface area (Å²) in [6, 6.07) is 17.7. The summed E-state index contributed by atoms with van der Waals surface area (Å²) < 4.78 is 0. The minimum Gasteiger partial charge on any atom is -0.352 e. The predicted octanol–water partition coefficient (Wildman–Crippen LogP) is 4.93. The minimum absolute atomic E-state index is 0.0252. The average molecular weight is 463 g/mol. The summed E-state index contributed by atoms with van der Waals surface area (Å²) in [5.41, 5.74) is 2.40. The molecule has 0 atom stereocenters. The molecule has 0 unspecified atom stereocenters. The molecule has 0 aliphatic carbocycles. The summed E-state index contributed by atoms with van der Waals surface area (Å²) in [5.74, 6) is 0.719. The van der Waals surface area contributed by atoms with Crippen molar-refractivity contribution in [2.75, 3.05) is 19.6 Å². The summed E-state index contributed by atoms with van der Waals surface area (Å²) in [6.45, 7) is 7.81. The Bertz CT molecular complexity index is 959. The number of ketones is 1. The number of Topliss-reactive ketones (excluding diaryl/α,β-unsaturated/α-hetero) is 1. The zero-order valence-electron chi connectivity index (χ0n) is 20.8. The Morgan fingerprint density at radius 2 is 1.59 bits per heavy atom. The third-order valence-electron chi connectivity index (χ3n) is 6.79. The van der Waals surface area contributed by atoms with Crippen LogP contribution < -0.4 is 5.32 Å². The molecule has 2 aromatic carbocycles. The first kappa shape index (κ1) is 25.7. The standard InChI is InChI=1S/C29H38N2O3/c1-4-8-26(32)29(25-9-6-5-7-10-25)16-19-31(20-17-29)27(33)15-18-30-28(34)24-13-11-23(12-14-24)21-22(2)3/h5-7,9-14,22H,4,8,15-21H2,1-3H3,(H,30,34). The van der Waals surface area contributed by atoms with Crippen LogP contribution in [0.1, 0.15) is 74.4 Å². The molecule has 1 heterocycles. The molecule has 34 heavy (non-hydrogen) atoms. The van der Waals surface area contributed by atoms with Crippen molar-refractivity contribution in [2.45, 2.75) is 64.7 Å². The Labute approximate surface area is 203 Å². The van der Waals surface area contributed by atoms with Gasteiger partial charge in [-0.1, -0.05) is 63.2 Å². The van der Waals surface area contributed by atoms with Gasteiger partial charge in [0.25, 0.3) is 5.91 Å². The number of hydrogen-bond acceptors (Lipinski definition) is 3. The van der Waals surface area contributed by atoms with Crippen molar-refractivity contribution < 1.29 is 14.4 Å². The van der Waals surface area contributed by atoms with E-state index in [4.69, 9.17) is 0 Å². The zero-order chi connectivity index (χ0) is 24.6. The molecular weight excluding hydrogens is 424 g/mol. The van der Waals surface area contributed by atoms with Gasteiger partial charge in [-0.25, -0.2) is 0 Å². The highest BCUT2D eigenvalue weighted by atomic mass is 16.2. The third-order valence-corrected chi connectivity index (χ3v) is 6.79. The van der Waals surface area contributed by atoms with Crippen LogP contribution in [0.2, 0.25) is 0 Å². The van der Waals surface area contributed by atoms with Crippen LogP contribution in [0.15, 0.2) is 54.6 Å². The smallest absolute Gasteiger partial charge is 0.251 e. The first-order valence-corrected chi connectivity index (χ1v) is 12.6. The van der Waals surface area contributed by atoms with Gasteiger partial charge >= 0.3 is 0 Å². The van der Waals surface area contributed by atoms with Gasteiger partial charge in [-0.15, -0.1) is 0 Å². The van der Waals surface area contributed by atoms with Crippen molar-refractivity contribution in [3.05, 3.63) is 71.3 Å². The van der Waals surface area contributed by atoms with Crippen LogP contribution in [-0.4, -0.2) is 42.1 Å². The molecule has 1 aliphatic heterocycles. The van der Waals surface area contributed by atoms with Gasteiger partial charge in [-0.05, 0) is 54.9 Å². The second-order valence-corrected chi connectivity index (χ2v) is 9.80. The van der Waals surface area contributed by atoms with Crippen LogP contribution in [0.4, 0.5) is 0 Å². The minimum atomic E-state index is -0.496. The normalized spacial score (nSPS) is 15.2. The van der Waals surface area contributed by atoms with E-state index in [1.165, 1.54) is 5.56 Å². The van der Waals surface area contributed by atoms with Crippen molar-refractivity contribution >= 4 is 17.6 Å². The summed E-state index contributed by atoms with van der Waals surface area (Å²) >= 11 is 0. The maximum absolute atomic E-state index is 13.1. The van der Waals surface area contributed by atoms with Crippen LogP contribution >= 0.6 is 0 Å². The maximum Gasteiger partial charge on any atom is 0.251 e. The van der Waals surface area contributed by atoms with Crippen LogP contribution in [0.25, 0.3) is 0 Å². The summed E-state index contributed by atoms with van der Waals surface area (Å²) in [5, 5.41) is 2.87. The fourth-order valence-corrected chi connectivity index (χ4v) is 4.90. The molecule has 1 saturated heterocycles. The zero-order valence-corrected chi connectivity index (χ0v) is 20.8. The number of nitrogens with one attached hydrogen (secondary N) is 1. The number of carbonyl (C=O) groups is 3. The van der Waals surface area contributed by atoms with Crippen molar-refractivity contribution in [1.82, 2.24) is 10.2 Å². The van der Waals surface area contributed by atoms with E-state index < -0.39 is 5.41 Å². The Balaban J connectivity index is 1.51. The summed E-state index contributed by atoms with van der Waals surface area (Å²) in [6.07, 6.45) is 3.94. The second-order valence-electron chi connectivity index (χ2n) is 9.80. The Kier molecular flexibility index (Phi) is 9.03. The molecule has 0 bridgehead atoms. The SMILES string of the molecule is CCCC(=O)C1(c2ccccc2)CCN(C(=O)CCNC(=O)c2ccc(CC(C)C)cc2)CC1. The third kappa shape index (κ3) is 6.34. The average Bonchev–Trinajstić information content (AvgIpc) is 2.84. The highest BCUT2D eigenvalue weighted by molar-refractivity contribution is 5.94. The quantitative estimate of drug-likeness (QED) is 0.544. The first-order chi connectivity index (χ1) is 16.4. The molecule has 1 fully saturated rings. The fourth-order valence-electron chi connectivity index (χ4n) is 4.90. The molecule has 1 aliphatic rings. The van der Waals surface area contributed by atoms with E-state index in [-0.39, 0.29) is 24.0 Å². The largest absolute Gasteiger partial charge is 0.352 e. The molecule has 0 spiro atoms. The number of amides is 2. The van der Waals surface area contributed by atoms with Crippen LogP contribution in [0.3, 0.4) is 0 Å². The predicted molar refractivity (Wildman–Crippen MR) is 136 cm³/mol. The van der Waals surface area contributed by atoms with Gasteiger partial charge in [0.15, 0.2) is 0 Å². The molecule has 0 saturated carbocycles. The van der Waals surface area contributed by atoms with Gasteiger partial charge < -0.3 is 10.2 Å². The van der Waals surface area contributed by atoms with Crippen molar-refractivity contribution in [3.63, 3.8) is 0 Å². The van der Waals surface area contributed by atoms with E-state index in [1.807, 2.05) is 66.4 Å². The molecule has 5 heteroatoms. The lowest BCUT2D eigenvalue weighted by Crippen LogP contribution is -2.49. The van der Waals surface area contributed by atoms with Gasteiger partial charge in [-0.2, -0.15) is 0 Å². The molecule has 3 rings (SSSR count). The summed E-state index contributed by atoms with van der Waals surface area (Å²) in [4.78, 5) is 40.2. The highest BCUT2D eigenvalue weighted by Crippen LogP contribution is 2.37. The van der Waals surface area contributed by atoms with Crippen LogP contribution in [-0.2, 0) is 21.4 Å². The number of carbonyl (C=O) groups excluding carboxylic acids is 3. The highest BCUT2D eigenvalue weighted by Gasteiger charge is 2.42. The van der Waals surface area contributed by atoms with E-state index >= 15 is 0 Å². The van der Waals surface area contributed by atoms with E-state index in [2.05, 4.69) is 19.2 Å². The molecule has 2 aromatic rings. The topological polar surface area (TPSA) is 66.5 Å². The molecule has 0 aromatic heterocycles. The Morgan fingerprint density at radius 1 is 0.941 bits per heavy atom. The van der Waals surface area contributed by atoms with Crippen molar-refractivity contribution in [2.24, 2.45) is 5.92 Å². The van der Waals surface area contributed by atoms with Crippen molar-refractivity contribution in [1.29, 1.82) is 0 Å². The fraction of sp³-hybridized carbons (Fsp3) is 0.483.